The minimum Gasteiger partial charge on any atom is -0.394 e. The zero-order valence-corrected chi connectivity index (χ0v) is 12.6. The summed E-state index contributed by atoms with van der Waals surface area (Å²) in [4.78, 5) is 14.2. The van der Waals surface area contributed by atoms with Crippen molar-refractivity contribution in [2.45, 2.75) is 37.4 Å². The smallest absolute Gasteiger partial charge is 0.248 e. The number of anilines is 1. The number of H-pyrrole nitrogens is 1. The number of aromatic amines is 1. The first-order valence-electron chi connectivity index (χ1n) is 7.51. The highest BCUT2D eigenvalue weighted by Crippen LogP contribution is 2.25. The Morgan fingerprint density at radius 2 is 1.96 bits per heavy atom. The molecule has 2 aromatic rings. The summed E-state index contributed by atoms with van der Waals surface area (Å²) in [5.41, 5.74) is 1.17. The molecule has 0 bridgehead atoms. The highest BCUT2D eigenvalue weighted by molar-refractivity contribution is 5.81. The zero-order valence-electron chi connectivity index (χ0n) is 12.6. The third-order valence-electron chi connectivity index (χ3n) is 4.23. The van der Waals surface area contributed by atoms with E-state index >= 15 is 0 Å². The van der Waals surface area contributed by atoms with E-state index in [1.165, 1.54) is 6.07 Å². The van der Waals surface area contributed by atoms with Crippen LogP contribution in [0.25, 0.3) is 10.9 Å². The van der Waals surface area contributed by atoms with Crippen LogP contribution in [0.5, 0.6) is 0 Å². The molecule has 124 valence electrons. The van der Waals surface area contributed by atoms with Crippen LogP contribution in [0.4, 0.5) is 5.69 Å². The van der Waals surface area contributed by atoms with Crippen LogP contribution >= 0.6 is 0 Å². The van der Waals surface area contributed by atoms with Gasteiger partial charge in [0, 0.05) is 11.8 Å². The summed E-state index contributed by atoms with van der Waals surface area (Å²) >= 11 is 0. The second-order valence-electron chi connectivity index (χ2n) is 5.84. The van der Waals surface area contributed by atoms with Gasteiger partial charge in [0.1, 0.15) is 18.3 Å². The van der Waals surface area contributed by atoms with Gasteiger partial charge in [-0.25, -0.2) is 0 Å². The number of hydrogen-bond acceptors (Lipinski definition) is 6. The summed E-state index contributed by atoms with van der Waals surface area (Å²) in [6.45, 7) is 1.41. The van der Waals surface area contributed by atoms with Gasteiger partial charge in [-0.15, -0.1) is 0 Å². The topological polar surface area (TPSA) is 115 Å². The van der Waals surface area contributed by atoms with Gasteiger partial charge in [-0.1, -0.05) is 6.07 Å². The average molecular weight is 320 g/mol. The fourth-order valence-electron chi connectivity index (χ4n) is 2.94. The number of nitrogens with one attached hydrogen (secondary N) is 2. The van der Waals surface area contributed by atoms with Crippen molar-refractivity contribution in [3.63, 3.8) is 0 Å². The lowest BCUT2D eigenvalue weighted by Crippen LogP contribution is -2.60. The third-order valence-corrected chi connectivity index (χ3v) is 4.23. The molecular weight excluding hydrogens is 300 g/mol. The van der Waals surface area contributed by atoms with Crippen molar-refractivity contribution in [2.75, 3.05) is 11.9 Å². The quantitative estimate of drug-likeness (QED) is 0.535. The second kappa shape index (κ2) is 6.29. The lowest BCUT2D eigenvalue weighted by molar-refractivity contribution is -0.180. The Morgan fingerprint density at radius 1 is 1.22 bits per heavy atom. The molecule has 3 rings (SSSR count). The molecule has 5 N–H and O–H groups in total. The highest BCUT2D eigenvalue weighted by atomic mass is 16.5. The van der Waals surface area contributed by atoms with Gasteiger partial charge in [-0.2, -0.15) is 0 Å². The molecule has 5 unspecified atom stereocenters. The van der Waals surface area contributed by atoms with Crippen molar-refractivity contribution in [3.8, 4) is 0 Å². The molecule has 1 aliphatic heterocycles. The van der Waals surface area contributed by atoms with Crippen molar-refractivity contribution >= 4 is 16.6 Å². The first kappa shape index (κ1) is 15.9. The van der Waals surface area contributed by atoms with Crippen LogP contribution in [-0.4, -0.2) is 57.4 Å². The predicted molar refractivity (Wildman–Crippen MR) is 85.4 cm³/mol. The van der Waals surface area contributed by atoms with Crippen LogP contribution in [0.3, 0.4) is 0 Å². The van der Waals surface area contributed by atoms with E-state index < -0.39 is 30.5 Å². The SMILES string of the molecule is CC1OC(CO)C(O)C(O)C1Nc1ccc2ccc(=O)[nH]c2c1. The van der Waals surface area contributed by atoms with Gasteiger partial charge in [0.25, 0.3) is 0 Å². The van der Waals surface area contributed by atoms with Gasteiger partial charge in [0.05, 0.1) is 24.3 Å². The van der Waals surface area contributed by atoms with E-state index in [1.54, 1.807) is 19.1 Å². The maximum absolute atomic E-state index is 11.4. The van der Waals surface area contributed by atoms with E-state index in [0.717, 1.165) is 5.39 Å². The highest BCUT2D eigenvalue weighted by Gasteiger charge is 2.42. The standard InChI is InChI=1S/C16H20N2O5/c1-8-14(16(22)15(21)12(7-19)23-8)17-10-4-2-9-3-5-13(20)18-11(9)6-10/h2-6,8,12,14-17,19,21-22H,7H2,1H3,(H,18,20). The first-order chi connectivity index (χ1) is 11.0. The maximum atomic E-state index is 11.4. The number of benzene rings is 1. The van der Waals surface area contributed by atoms with Crippen LogP contribution in [0.15, 0.2) is 35.1 Å². The molecule has 2 heterocycles. The lowest BCUT2D eigenvalue weighted by atomic mass is 9.93. The molecule has 5 atom stereocenters. The summed E-state index contributed by atoms with van der Waals surface area (Å²) in [5, 5.41) is 33.4. The molecule has 0 radical (unpaired) electrons. The maximum Gasteiger partial charge on any atom is 0.248 e. The van der Waals surface area contributed by atoms with E-state index in [9.17, 15) is 15.0 Å². The molecular formula is C16H20N2O5. The Hall–Kier alpha value is -1.93. The number of rotatable bonds is 3. The summed E-state index contributed by atoms with van der Waals surface area (Å²) < 4.78 is 5.53. The fraction of sp³-hybridized carbons (Fsp3) is 0.438. The molecule has 1 fully saturated rings. The Balaban J connectivity index is 1.84. The second-order valence-corrected chi connectivity index (χ2v) is 5.84. The molecule has 1 aliphatic rings. The molecule has 1 aromatic heterocycles. The zero-order chi connectivity index (χ0) is 16.6. The van der Waals surface area contributed by atoms with E-state index in [4.69, 9.17) is 9.84 Å². The number of aliphatic hydroxyl groups is 3. The van der Waals surface area contributed by atoms with Crippen molar-refractivity contribution in [3.05, 3.63) is 40.7 Å². The number of hydrogen-bond donors (Lipinski definition) is 5. The van der Waals surface area contributed by atoms with Crippen LogP contribution in [0.1, 0.15) is 6.92 Å². The van der Waals surface area contributed by atoms with Crippen molar-refractivity contribution < 1.29 is 20.1 Å². The summed E-state index contributed by atoms with van der Waals surface area (Å²) in [6, 6.07) is 8.09. The first-order valence-corrected chi connectivity index (χ1v) is 7.51. The monoisotopic (exact) mass is 320 g/mol. The molecule has 1 saturated heterocycles. The fourth-order valence-corrected chi connectivity index (χ4v) is 2.94. The van der Waals surface area contributed by atoms with Crippen molar-refractivity contribution in [1.29, 1.82) is 0 Å². The molecule has 0 aliphatic carbocycles. The van der Waals surface area contributed by atoms with E-state index in [2.05, 4.69) is 10.3 Å². The molecule has 7 nitrogen and oxygen atoms in total. The van der Waals surface area contributed by atoms with Gasteiger partial charge in [-0.05, 0) is 30.5 Å². The summed E-state index contributed by atoms with van der Waals surface area (Å²) in [7, 11) is 0. The van der Waals surface area contributed by atoms with E-state index in [1.807, 2.05) is 12.1 Å². The minimum absolute atomic E-state index is 0.190. The Bertz CT molecular complexity index is 747. The summed E-state index contributed by atoms with van der Waals surface area (Å²) in [6.07, 6.45) is -3.46. The van der Waals surface area contributed by atoms with Gasteiger partial charge < -0.3 is 30.4 Å². The molecule has 0 spiro atoms. The lowest BCUT2D eigenvalue weighted by Gasteiger charge is -2.41. The van der Waals surface area contributed by atoms with Crippen molar-refractivity contribution in [2.24, 2.45) is 0 Å². The molecule has 0 saturated carbocycles. The average Bonchev–Trinajstić information content (AvgIpc) is 2.54. The number of pyridine rings is 1. The van der Waals surface area contributed by atoms with Crippen LogP contribution in [0, 0.1) is 0 Å². The molecule has 0 amide bonds. The van der Waals surface area contributed by atoms with Crippen LogP contribution in [-0.2, 0) is 4.74 Å². The van der Waals surface area contributed by atoms with E-state index in [0.29, 0.717) is 11.2 Å². The van der Waals surface area contributed by atoms with Crippen LogP contribution in [0.2, 0.25) is 0 Å². The molecule has 1 aromatic carbocycles. The number of ether oxygens (including phenoxy) is 1. The minimum atomic E-state index is -1.17. The van der Waals surface area contributed by atoms with Gasteiger partial charge in [0.15, 0.2) is 0 Å². The number of aliphatic hydroxyl groups excluding tert-OH is 3. The van der Waals surface area contributed by atoms with E-state index in [-0.39, 0.29) is 12.2 Å². The number of aromatic nitrogens is 1. The molecule has 23 heavy (non-hydrogen) atoms. The van der Waals surface area contributed by atoms with Crippen LogP contribution < -0.4 is 10.9 Å². The normalized spacial score (nSPS) is 31.2. The third kappa shape index (κ3) is 3.09. The van der Waals surface area contributed by atoms with Gasteiger partial charge >= 0.3 is 0 Å². The van der Waals surface area contributed by atoms with Gasteiger partial charge in [0.2, 0.25) is 5.56 Å². The Morgan fingerprint density at radius 3 is 2.70 bits per heavy atom. The summed E-state index contributed by atoms with van der Waals surface area (Å²) in [5.74, 6) is 0. The molecule has 7 heteroatoms. The van der Waals surface area contributed by atoms with Crippen molar-refractivity contribution in [1.82, 2.24) is 4.98 Å². The Kier molecular flexibility index (Phi) is 4.36. The largest absolute Gasteiger partial charge is 0.394 e. The van der Waals surface area contributed by atoms with Gasteiger partial charge in [-0.3, -0.25) is 4.79 Å². The number of fused-ring (bicyclic) bond motifs is 1. The Labute approximate surface area is 132 Å². The predicted octanol–water partition coefficient (Wildman–Crippen LogP) is -0.190.